The zero-order valence-corrected chi connectivity index (χ0v) is 14.2. The predicted molar refractivity (Wildman–Crippen MR) is 97.3 cm³/mol. The third-order valence-electron chi connectivity index (χ3n) is 3.87. The second kappa shape index (κ2) is 8.68. The van der Waals surface area contributed by atoms with E-state index in [4.69, 9.17) is 14.7 Å². The fourth-order valence-electron chi connectivity index (χ4n) is 2.51. The summed E-state index contributed by atoms with van der Waals surface area (Å²) in [5.74, 6) is -0.186. The molecule has 26 heavy (non-hydrogen) atoms. The number of benzene rings is 3. The van der Waals surface area contributed by atoms with Gasteiger partial charge in [-0.2, -0.15) is 5.26 Å². The summed E-state index contributed by atoms with van der Waals surface area (Å²) in [6, 6.07) is 24.3. The average molecular weight is 347 g/mol. The van der Waals surface area contributed by atoms with Gasteiger partial charge in [0.2, 0.25) is 0 Å². The zero-order valence-electron chi connectivity index (χ0n) is 14.2. The molecule has 0 atom stereocenters. The molecule has 130 valence electrons. The SMILES string of the molecule is N#CCc1ccc(OCc2ccccc2)c(OCc2ccccc2)c1F. The summed E-state index contributed by atoms with van der Waals surface area (Å²) in [5.41, 5.74) is 2.19. The number of nitrogens with zero attached hydrogens (tertiary/aromatic N) is 1. The predicted octanol–water partition coefficient (Wildman–Crippen LogP) is 5.05. The molecule has 0 saturated heterocycles. The van der Waals surface area contributed by atoms with E-state index in [-0.39, 0.29) is 18.8 Å². The first-order valence-corrected chi connectivity index (χ1v) is 8.29. The van der Waals surface area contributed by atoms with Gasteiger partial charge in [0.1, 0.15) is 13.2 Å². The molecule has 0 amide bonds. The number of hydrogen-bond donors (Lipinski definition) is 0. The highest BCUT2D eigenvalue weighted by atomic mass is 19.1. The van der Waals surface area contributed by atoms with Crippen LogP contribution in [0.5, 0.6) is 11.5 Å². The number of nitriles is 1. The minimum atomic E-state index is -0.548. The van der Waals surface area contributed by atoms with E-state index in [1.54, 1.807) is 12.1 Å². The van der Waals surface area contributed by atoms with Crippen LogP contribution in [0.25, 0.3) is 0 Å². The topological polar surface area (TPSA) is 42.2 Å². The summed E-state index contributed by atoms with van der Waals surface area (Å²) in [6.45, 7) is 0.523. The van der Waals surface area contributed by atoms with Crippen molar-refractivity contribution in [1.82, 2.24) is 0 Å². The highest BCUT2D eigenvalue weighted by Gasteiger charge is 2.16. The van der Waals surface area contributed by atoms with Gasteiger partial charge in [-0.1, -0.05) is 66.7 Å². The summed E-state index contributed by atoms with van der Waals surface area (Å²) < 4.78 is 26.3. The van der Waals surface area contributed by atoms with Gasteiger partial charge < -0.3 is 9.47 Å². The third kappa shape index (κ3) is 4.40. The van der Waals surface area contributed by atoms with Gasteiger partial charge in [0.15, 0.2) is 17.3 Å². The van der Waals surface area contributed by atoms with E-state index in [1.807, 2.05) is 66.7 Å². The summed E-state index contributed by atoms with van der Waals surface area (Å²) in [7, 11) is 0. The Kier molecular flexibility index (Phi) is 5.84. The van der Waals surface area contributed by atoms with E-state index in [1.165, 1.54) is 0 Å². The van der Waals surface area contributed by atoms with Gasteiger partial charge in [0.25, 0.3) is 0 Å². The number of hydrogen-bond acceptors (Lipinski definition) is 3. The van der Waals surface area contributed by atoms with E-state index in [2.05, 4.69) is 0 Å². The summed E-state index contributed by atoms with van der Waals surface area (Å²) in [4.78, 5) is 0. The molecular formula is C22H18FNO2. The molecule has 0 aliphatic rings. The normalized spacial score (nSPS) is 10.2. The highest BCUT2D eigenvalue weighted by molar-refractivity contribution is 5.45. The number of rotatable bonds is 7. The van der Waals surface area contributed by atoms with Crippen LogP contribution in [0.1, 0.15) is 16.7 Å². The van der Waals surface area contributed by atoms with Crippen molar-refractivity contribution in [3.63, 3.8) is 0 Å². The zero-order chi connectivity index (χ0) is 18.2. The summed E-state index contributed by atoms with van der Waals surface area (Å²) in [5, 5.41) is 8.88. The van der Waals surface area contributed by atoms with Crippen molar-refractivity contribution in [3.05, 3.63) is 95.3 Å². The summed E-state index contributed by atoms with van der Waals surface area (Å²) in [6.07, 6.45) is -0.0213. The Morgan fingerprint density at radius 3 is 1.92 bits per heavy atom. The fourth-order valence-corrected chi connectivity index (χ4v) is 2.51. The van der Waals surface area contributed by atoms with Gasteiger partial charge in [-0.3, -0.25) is 0 Å². The van der Waals surface area contributed by atoms with Gasteiger partial charge >= 0.3 is 0 Å². The van der Waals surface area contributed by atoms with Crippen molar-refractivity contribution in [2.75, 3.05) is 0 Å². The Morgan fingerprint density at radius 2 is 1.35 bits per heavy atom. The molecule has 0 saturated carbocycles. The molecular weight excluding hydrogens is 329 g/mol. The first-order valence-electron chi connectivity index (χ1n) is 8.29. The molecule has 0 fully saturated rings. The van der Waals surface area contributed by atoms with Gasteiger partial charge in [-0.15, -0.1) is 0 Å². The Labute approximate surface area is 152 Å². The minimum Gasteiger partial charge on any atom is -0.485 e. The van der Waals surface area contributed by atoms with Crippen molar-refractivity contribution < 1.29 is 13.9 Å². The lowest BCUT2D eigenvalue weighted by Gasteiger charge is -2.15. The van der Waals surface area contributed by atoms with Crippen LogP contribution in [0.15, 0.2) is 72.8 Å². The first-order chi connectivity index (χ1) is 12.8. The number of ether oxygens (including phenoxy) is 2. The Balaban J connectivity index is 1.82. The highest BCUT2D eigenvalue weighted by Crippen LogP contribution is 2.34. The Hall–Kier alpha value is -3.32. The molecule has 0 aromatic heterocycles. The smallest absolute Gasteiger partial charge is 0.197 e. The van der Waals surface area contributed by atoms with Crippen LogP contribution in [0.2, 0.25) is 0 Å². The molecule has 3 rings (SSSR count). The molecule has 0 N–H and O–H groups in total. The fraction of sp³-hybridized carbons (Fsp3) is 0.136. The molecule has 0 aliphatic carbocycles. The van der Waals surface area contributed by atoms with Gasteiger partial charge in [0.05, 0.1) is 12.5 Å². The van der Waals surface area contributed by atoms with E-state index < -0.39 is 5.82 Å². The standard InChI is InChI=1S/C22H18FNO2/c23-21-19(13-14-24)11-12-20(25-15-17-7-3-1-4-8-17)22(21)26-16-18-9-5-2-6-10-18/h1-12H,13,15-16H2. The molecule has 0 bridgehead atoms. The van der Waals surface area contributed by atoms with Crippen molar-refractivity contribution in [2.24, 2.45) is 0 Å². The van der Waals surface area contributed by atoms with Crippen LogP contribution >= 0.6 is 0 Å². The van der Waals surface area contributed by atoms with Crippen LogP contribution in [-0.4, -0.2) is 0 Å². The second-order valence-corrected chi connectivity index (χ2v) is 5.75. The van der Waals surface area contributed by atoms with E-state index >= 15 is 0 Å². The van der Waals surface area contributed by atoms with Crippen molar-refractivity contribution in [2.45, 2.75) is 19.6 Å². The molecule has 3 aromatic carbocycles. The maximum Gasteiger partial charge on any atom is 0.197 e. The maximum atomic E-state index is 14.8. The van der Waals surface area contributed by atoms with E-state index in [0.717, 1.165) is 11.1 Å². The molecule has 0 radical (unpaired) electrons. The van der Waals surface area contributed by atoms with Gasteiger partial charge in [-0.25, -0.2) is 4.39 Å². The van der Waals surface area contributed by atoms with E-state index in [9.17, 15) is 4.39 Å². The lowest BCUT2D eigenvalue weighted by Crippen LogP contribution is -2.04. The van der Waals surface area contributed by atoms with Crippen LogP contribution in [-0.2, 0) is 19.6 Å². The molecule has 0 aliphatic heterocycles. The average Bonchev–Trinajstić information content (AvgIpc) is 2.69. The Bertz CT molecular complexity index is 889. The van der Waals surface area contributed by atoms with Gasteiger partial charge in [-0.05, 0) is 17.2 Å². The molecule has 3 aromatic rings. The lowest BCUT2D eigenvalue weighted by molar-refractivity contribution is 0.245. The Morgan fingerprint density at radius 1 is 0.769 bits per heavy atom. The number of halogens is 1. The summed E-state index contributed by atoms with van der Waals surface area (Å²) >= 11 is 0. The lowest BCUT2D eigenvalue weighted by atomic mass is 10.1. The molecule has 4 heteroatoms. The van der Waals surface area contributed by atoms with Crippen molar-refractivity contribution >= 4 is 0 Å². The quantitative estimate of drug-likeness (QED) is 0.601. The van der Waals surface area contributed by atoms with Crippen LogP contribution < -0.4 is 9.47 Å². The monoisotopic (exact) mass is 347 g/mol. The van der Waals surface area contributed by atoms with Crippen LogP contribution in [0.4, 0.5) is 4.39 Å². The molecule has 0 spiro atoms. The van der Waals surface area contributed by atoms with Crippen LogP contribution in [0.3, 0.4) is 0 Å². The third-order valence-corrected chi connectivity index (χ3v) is 3.87. The molecule has 3 nitrogen and oxygen atoms in total. The van der Waals surface area contributed by atoms with Crippen molar-refractivity contribution in [3.8, 4) is 17.6 Å². The van der Waals surface area contributed by atoms with E-state index in [0.29, 0.717) is 17.9 Å². The van der Waals surface area contributed by atoms with Gasteiger partial charge in [0, 0.05) is 5.56 Å². The minimum absolute atomic E-state index is 0.0213. The largest absolute Gasteiger partial charge is 0.485 e. The van der Waals surface area contributed by atoms with Crippen molar-refractivity contribution in [1.29, 1.82) is 5.26 Å². The van der Waals surface area contributed by atoms with Crippen LogP contribution in [0, 0.1) is 17.1 Å². The maximum absolute atomic E-state index is 14.8. The second-order valence-electron chi connectivity index (χ2n) is 5.75. The molecule has 0 heterocycles. The molecule has 0 unspecified atom stereocenters. The first kappa shape index (κ1) is 17.5.